The van der Waals surface area contributed by atoms with E-state index in [9.17, 15) is 22.4 Å². The molecular weight excluding hydrogens is 403 g/mol. The minimum absolute atomic E-state index is 0.0252. The van der Waals surface area contributed by atoms with Crippen LogP contribution in [0.3, 0.4) is 0 Å². The summed E-state index contributed by atoms with van der Waals surface area (Å²) in [7, 11) is -1.44. The van der Waals surface area contributed by atoms with Gasteiger partial charge in [-0.3, -0.25) is 9.59 Å². The van der Waals surface area contributed by atoms with Gasteiger partial charge in [-0.2, -0.15) is 0 Å². The highest BCUT2D eigenvalue weighted by atomic mass is 32.2. The standard InChI is InChI=1S/C19H19FN2O6S/c1-27-13-5-9-17(28-2)15(11-13)21-19(24)16-8-10-18(23)22(16)29(25,26)14-6-3-12(20)4-7-14/h3-7,9,11,16H,8,10H2,1-2H3,(H,21,24)/t16-/m1/s1. The first-order valence-electron chi connectivity index (χ1n) is 8.63. The number of halogens is 1. The van der Waals surface area contributed by atoms with Gasteiger partial charge < -0.3 is 14.8 Å². The van der Waals surface area contributed by atoms with Crippen molar-refractivity contribution in [2.75, 3.05) is 19.5 Å². The van der Waals surface area contributed by atoms with E-state index >= 15 is 0 Å². The van der Waals surface area contributed by atoms with Gasteiger partial charge in [-0.25, -0.2) is 17.1 Å². The number of rotatable bonds is 6. The van der Waals surface area contributed by atoms with E-state index in [0.717, 1.165) is 24.3 Å². The van der Waals surface area contributed by atoms with E-state index in [-0.39, 0.29) is 23.4 Å². The van der Waals surface area contributed by atoms with Crippen LogP contribution < -0.4 is 14.8 Å². The average Bonchev–Trinajstić information content (AvgIpc) is 3.10. The van der Waals surface area contributed by atoms with Gasteiger partial charge in [0.1, 0.15) is 23.4 Å². The lowest BCUT2D eigenvalue weighted by molar-refractivity contribution is -0.128. The van der Waals surface area contributed by atoms with E-state index in [1.807, 2.05) is 0 Å². The number of amides is 2. The molecule has 2 aromatic rings. The molecule has 0 saturated carbocycles. The highest BCUT2D eigenvalue weighted by Gasteiger charge is 2.44. The molecule has 3 rings (SSSR count). The molecule has 10 heteroatoms. The fraction of sp³-hybridized carbons (Fsp3) is 0.263. The summed E-state index contributed by atoms with van der Waals surface area (Å²) in [5.74, 6) is -1.20. The van der Waals surface area contributed by atoms with Crippen molar-refractivity contribution in [1.82, 2.24) is 4.31 Å². The fourth-order valence-corrected chi connectivity index (χ4v) is 4.65. The first kappa shape index (κ1) is 20.6. The molecule has 0 aromatic heterocycles. The van der Waals surface area contributed by atoms with Gasteiger partial charge in [-0.1, -0.05) is 0 Å². The molecule has 1 atom stereocenters. The van der Waals surface area contributed by atoms with E-state index in [0.29, 0.717) is 15.8 Å². The van der Waals surface area contributed by atoms with Crippen molar-refractivity contribution in [3.63, 3.8) is 0 Å². The van der Waals surface area contributed by atoms with Crippen molar-refractivity contribution >= 4 is 27.5 Å². The molecule has 2 amide bonds. The number of hydrogen-bond acceptors (Lipinski definition) is 6. The van der Waals surface area contributed by atoms with Crippen LogP contribution in [0, 0.1) is 5.82 Å². The summed E-state index contributed by atoms with van der Waals surface area (Å²) in [6, 6.07) is 7.56. The third kappa shape index (κ3) is 4.02. The topological polar surface area (TPSA) is 102 Å². The van der Waals surface area contributed by atoms with E-state index in [1.165, 1.54) is 20.3 Å². The number of hydrogen-bond donors (Lipinski definition) is 1. The molecule has 154 valence electrons. The molecule has 0 unspecified atom stereocenters. The Morgan fingerprint density at radius 1 is 1.14 bits per heavy atom. The summed E-state index contributed by atoms with van der Waals surface area (Å²) in [6.07, 6.45) is -0.0782. The molecule has 1 fully saturated rings. The van der Waals surface area contributed by atoms with Crippen molar-refractivity contribution in [2.45, 2.75) is 23.8 Å². The summed E-state index contributed by atoms with van der Waals surface area (Å²) < 4.78 is 49.8. The Morgan fingerprint density at radius 2 is 1.83 bits per heavy atom. The number of benzene rings is 2. The lowest BCUT2D eigenvalue weighted by Crippen LogP contribution is -2.45. The highest BCUT2D eigenvalue weighted by Crippen LogP contribution is 2.32. The number of sulfonamides is 1. The van der Waals surface area contributed by atoms with Crippen molar-refractivity contribution < 1.29 is 31.9 Å². The molecular formula is C19H19FN2O6S. The molecule has 0 spiro atoms. The lowest BCUT2D eigenvalue weighted by atomic mass is 10.2. The van der Waals surface area contributed by atoms with Crippen LogP contribution in [0.1, 0.15) is 12.8 Å². The summed E-state index contributed by atoms with van der Waals surface area (Å²) in [5, 5.41) is 2.60. The number of carbonyl (C=O) groups excluding carboxylic acids is 2. The van der Waals surface area contributed by atoms with Crippen molar-refractivity contribution in [1.29, 1.82) is 0 Å². The minimum atomic E-state index is -4.32. The second-order valence-electron chi connectivity index (χ2n) is 6.26. The van der Waals surface area contributed by atoms with Gasteiger partial charge in [0.05, 0.1) is 24.8 Å². The molecule has 8 nitrogen and oxygen atoms in total. The van der Waals surface area contributed by atoms with Crippen LogP contribution >= 0.6 is 0 Å². The zero-order chi connectivity index (χ0) is 21.2. The molecule has 1 aliphatic heterocycles. The van der Waals surface area contributed by atoms with E-state index < -0.39 is 33.7 Å². The van der Waals surface area contributed by atoms with Gasteiger partial charge in [0.25, 0.3) is 10.0 Å². The number of nitrogens with zero attached hydrogens (tertiary/aromatic N) is 1. The summed E-state index contributed by atoms with van der Waals surface area (Å²) in [5.41, 5.74) is 0.273. The minimum Gasteiger partial charge on any atom is -0.497 e. The first-order chi connectivity index (χ1) is 13.8. The number of anilines is 1. The van der Waals surface area contributed by atoms with Crippen LogP contribution in [0.4, 0.5) is 10.1 Å². The maximum atomic E-state index is 13.1. The smallest absolute Gasteiger partial charge is 0.267 e. The Balaban J connectivity index is 1.91. The molecule has 1 N–H and O–H groups in total. The van der Waals surface area contributed by atoms with Gasteiger partial charge in [0.2, 0.25) is 11.8 Å². The Bertz CT molecular complexity index is 1040. The maximum absolute atomic E-state index is 13.1. The van der Waals surface area contributed by atoms with Crippen LogP contribution in [0.15, 0.2) is 47.4 Å². The Hall–Kier alpha value is -3.14. The fourth-order valence-electron chi connectivity index (χ4n) is 3.05. The molecule has 1 saturated heterocycles. The summed E-state index contributed by atoms with van der Waals surface area (Å²) in [4.78, 5) is 24.9. The Labute approximate surface area is 167 Å². The number of nitrogens with one attached hydrogen (secondary N) is 1. The van der Waals surface area contributed by atoms with Crippen molar-refractivity contribution in [3.8, 4) is 11.5 Å². The maximum Gasteiger partial charge on any atom is 0.267 e. The quantitative estimate of drug-likeness (QED) is 0.766. The van der Waals surface area contributed by atoms with Gasteiger partial charge in [0.15, 0.2) is 0 Å². The largest absolute Gasteiger partial charge is 0.497 e. The normalized spacial score (nSPS) is 16.6. The third-order valence-corrected chi connectivity index (χ3v) is 6.34. The van der Waals surface area contributed by atoms with Crippen LogP contribution in [0.5, 0.6) is 11.5 Å². The SMILES string of the molecule is COc1ccc(OC)c(NC(=O)[C@H]2CCC(=O)N2S(=O)(=O)c2ccc(F)cc2)c1. The van der Waals surface area contributed by atoms with Crippen molar-refractivity contribution in [3.05, 3.63) is 48.3 Å². The lowest BCUT2D eigenvalue weighted by Gasteiger charge is -2.24. The Morgan fingerprint density at radius 3 is 2.45 bits per heavy atom. The molecule has 0 aliphatic carbocycles. The van der Waals surface area contributed by atoms with E-state index in [2.05, 4.69) is 5.32 Å². The van der Waals surface area contributed by atoms with E-state index in [1.54, 1.807) is 12.1 Å². The van der Waals surface area contributed by atoms with Crippen molar-refractivity contribution in [2.24, 2.45) is 0 Å². The van der Waals surface area contributed by atoms with E-state index in [4.69, 9.17) is 9.47 Å². The monoisotopic (exact) mass is 422 g/mol. The number of methoxy groups -OCH3 is 2. The van der Waals surface area contributed by atoms with Crippen LogP contribution in [0.25, 0.3) is 0 Å². The molecule has 29 heavy (non-hydrogen) atoms. The number of carbonyl (C=O) groups is 2. The molecule has 0 bridgehead atoms. The first-order valence-corrected chi connectivity index (χ1v) is 10.1. The predicted molar refractivity (Wildman–Crippen MR) is 102 cm³/mol. The van der Waals surface area contributed by atoms with Gasteiger partial charge >= 0.3 is 0 Å². The van der Waals surface area contributed by atoms with Crippen LogP contribution in [-0.2, 0) is 19.6 Å². The second-order valence-corrected chi connectivity index (χ2v) is 8.07. The molecule has 0 radical (unpaired) electrons. The zero-order valence-corrected chi connectivity index (χ0v) is 16.5. The Kier molecular flexibility index (Phi) is 5.73. The predicted octanol–water partition coefficient (Wildman–Crippen LogP) is 2.16. The van der Waals surface area contributed by atoms with Gasteiger partial charge in [-0.15, -0.1) is 0 Å². The summed E-state index contributed by atoms with van der Waals surface area (Å²) in [6.45, 7) is 0. The molecule has 2 aromatic carbocycles. The molecule has 1 heterocycles. The average molecular weight is 422 g/mol. The second kappa shape index (κ2) is 8.08. The van der Waals surface area contributed by atoms with Gasteiger partial charge in [-0.05, 0) is 42.8 Å². The highest BCUT2D eigenvalue weighted by molar-refractivity contribution is 7.89. The third-order valence-electron chi connectivity index (χ3n) is 4.50. The molecule has 1 aliphatic rings. The zero-order valence-electron chi connectivity index (χ0n) is 15.7. The van der Waals surface area contributed by atoms with Crippen LogP contribution in [-0.4, -0.2) is 44.8 Å². The van der Waals surface area contributed by atoms with Gasteiger partial charge in [0, 0.05) is 12.5 Å². The summed E-state index contributed by atoms with van der Waals surface area (Å²) >= 11 is 0. The van der Waals surface area contributed by atoms with Crippen LogP contribution in [0.2, 0.25) is 0 Å². The number of ether oxygens (including phenoxy) is 2.